The van der Waals surface area contributed by atoms with E-state index in [4.69, 9.17) is 0 Å². The Balaban J connectivity index is 2.33. The molecular weight excluding hydrogens is 282 g/mol. The Labute approximate surface area is 129 Å². The van der Waals surface area contributed by atoms with Crippen LogP contribution in [0.15, 0.2) is 59.4 Å². The molecule has 0 saturated carbocycles. The SMILES string of the molecule is C=C1/C(=C\N=C(C)SC)CN(c2ccccc2)C(=O)N1C. The lowest BCUT2D eigenvalue weighted by Gasteiger charge is -2.36. The van der Waals surface area contributed by atoms with Crippen molar-refractivity contribution in [1.29, 1.82) is 0 Å². The van der Waals surface area contributed by atoms with Crippen LogP contribution in [0.1, 0.15) is 6.92 Å². The highest BCUT2D eigenvalue weighted by molar-refractivity contribution is 8.13. The first kappa shape index (κ1) is 15.4. The van der Waals surface area contributed by atoms with Gasteiger partial charge in [-0.05, 0) is 25.3 Å². The fourth-order valence-corrected chi connectivity index (χ4v) is 2.15. The molecule has 0 bridgehead atoms. The number of benzene rings is 1. The van der Waals surface area contributed by atoms with Gasteiger partial charge in [0.2, 0.25) is 0 Å². The predicted octanol–water partition coefficient (Wildman–Crippen LogP) is 3.74. The third kappa shape index (κ3) is 3.36. The zero-order valence-corrected chi connectivity index (χ0v) is 13.4. The van der Waals surface area contributed by atoms with E-state index in [1.165, 1.54) is 0 Å². The van der Waals surface area contributed by atoms with Crippen LogP contribution >= 0.6 is 11.8 Å². The number of para-hydroxylation sites is 1. The molecule has 2 amide bonds. The highest BCUT2D eigenvalue weighted by atomic mass is 32.2. The van der Waals surface area contributed by atoms with Gasteiger partial charge in [-0.2, -0.15) is 0 Å². The third-order valence-electron chi connectivity index (χ3n) is 3.39. The lowest BCUT2D eigenvalue weighted by atomic mass is 10.1. The molecule has 110 valence electrons. The maximum atomic E-state index is 12.4. The summed E-state index contributed by atoms with van der Waals surface area (Å²) in [5, 5.41) is 0.973. The Hall–Kier alpha value is -2.01. The Morgan fingerprint density at radius 3 is 2.67 bits per heavy atom. The zero-order chi connectivity index (χ0) is 15.4. The van der Waals surface area contributed by atoms with E-state index in [0.29, 0.717) is 12.2 Å². The number of aliphatic imine (C=N–C) groups is 1. The molecule has 2 rings (SSSR count). The van der Waals surface area contributed by atoms with E-state index in [1.54, 1.807) is 34.8 Å². The molecule has 1 saturated heterocycles. The van der Waals surface area contributed by atoms with Crippen LogP contribution in [0.5, 0.6) is 0 Å². The molecule has 1 heterocycles. The van der Waals surface area contributed by atoms with Crippen molar-refractivity contribution < 1.29 is 4.79 Å². The molecule has 0 spiro atoms. The second-order valence-corrected chi connectivity index (χ2v) is 5.72. The van der Waals surface area contributed by atoms with Crippen LogP contribution < -0.4 is 4.90 Å². The molecule has 1 aromatic carbocycles. The average molecular weight is 301 g/mol. The second-order valence-electron chi connectivity index (χ2n) is 4.72. The van der Waals surface area contributed by atoms with E-state index in [0.717, 1.165) is 16.3 Å². The molecule has 1 aromatic rings. The van der Waals surface area contributed by atoms with Crippen molar-refractivity contribution in [3.8, 4) is 0 Å². The number of rotatable bonds is 2. The molecule has 0 aromatic heterocycles. The molecule has 1 aliphatic rings. The number of amides is 2. The van der Waals surface area contributed by atoms with Crippen molar-refractivity contribution in [3.05, 3.63) is 54.4 Å². The summed E-state index contributed by atoms with van der Waals surface area (Å²) in [5.41, 5.74) is 2.51. The van der Waals surface area contributed by atoms with Crippen molar-refractivity contribution in [3.63, 3.8) is 0 Å². The maximum absolute atomic E-state index is 12.4. The Bertz CT molecular complexity index is 607. The maximum Gasteiger partial charge on any atom is 0.328 e. The quantitative estimate of drug-likeness (QED) is 0.616. The number of nitrogens with zero attached hydrogens (tertiary/aromatic N) is 3. The smallest absolute Gasteiger partial charge is 0.297 e. The molecule has 4 nitrogen and oxygen atoms in total. The summed E-state index contributed by atoms with van der Waals surface area (Å²) in [6.45, 7) is 6.43. The molecule has 0 unspecified atom stereocenters. The van der Waals surface area contributed by atoms with E-state index in [9.17, 15) is 4.79 Å². The standard InChI is InChI=1S/C16H19N3OS/c1-12-14(10-17-13(2)21-4)11-19(16(20)18(12)3)15-8-6-5-7-9-15/h5-10H,1,11H2,2-4H3/b14-10-,17-13?. The Morgan fingerprint density at radius 2 is 2.05 bits per heavy atom. The van der Waals surface area contributed by atoms with Gasteiger partial charge < -0.3 is 0 Å². The van der Waals surface area contributed by atoms with Gasteiger partial charge in [-0.1, -0.05) is 24.8 Å². The van der Waals surface area contributed by atoms with Gasteiger partial charge in [0, 0.05) is 30.2 Å². The molecular formula is C16H19N3OS. The average Bonchev–Trinajstić information content (AvgIpc) is 2.52. The number of likely N-dealkylation sites (N-methyl/N-ethyl adjacent to an activating group) is 1. The van der Waals surface area contributed by atoms with Gasteiger partial charge in [-0.15, -0.1) is 11.8 Å². The fraction of sp³-hybridized carbons (Fsp3) is 0.250. The molecule has 5 heteroatoms. The number of carbonyl (C=O) groups excluding carboxylic acids is 1. The molecule has 0 aliphatic carbocycles. The first-order chi connectivity index (χ1) is 10.0. The van der Waals surface area contributed by atoms with Gasteiger partial charge in [0.15, 0.2) is 0 Å². The highest BCUT2D eigenvalue weighted by Gasteiger charge is 2.29. The number of hydrogen-bond donors (Lipinski definition) is 0. The van der Waals surface area contributed by atoms with Gasteiger partial charge in [0.1, 0.15) is 0 Å². The summed E-state index contributed by atoms with van der Waals surface area (Å²) in [4.78, 5) is 20.1. The number of carbonyl (C=O) groups is 1. The number of hydrogen-bond acceptors (Lipinski definition) is 3. The summed E-state index contributed by atoms with van der Waals surface area (Å²) in [6.07, 6.45) is 3.78. The first-order valence-electron chi connectivity index (χ1n) is 6.61. The second kappa shape index (κ2) is 6.63. The van der Waals surface area contributed by atoms with E-state index < -0.39 is 0 Å². The van der Waals surface area contributed by atoms with E-state index in [1.807, 2.05) is 43.5 Å². The van der Waals surface area contributed by atoms with Crippen LogP contribution in [0.25, 0.3) is 0 Å². The lowest BCUT2D eigenvalue weighted by Crippen LogP contribution is -2.47. The first-order valence-corrected chi connectivity index (χ1v) is 7.84. The van der Waals surface area contributed by atoms with Crippen molar-refractivity contribution >= 4 is 28.5 Å². The molecule has 1 fully saturated rings. The minimum Gasteiger partial charge on any atom is -0.297 e. The highest BCUT2D eigenvalue weighted by Crippen LogP contribution is 2.26. The molecule has 0 radical (unpaired) electrons. The van der Waals surface area contributed by atoms with Gasteiger partial charge >= 0.3 is 6.03 Å². The summed E-state index contributed by atoms with van der Waals surface area (Å²) in [7, 11) is 1.73. The van der Waals surface area contributed by atoms with Crippen molar-refractivity contribution in [2.45, 2.75) is 6.92 Å². The third-order valence-corrected chi connectivity index (χ3v) is 4.08. The van der Waals surface area contributed by atoms with Crippen LogP contribution in [0.4, 0.5) is 10.5 Å². The Morgan fingerprint density at radius 1 is 1.38 bits per heavy atom. The Kier molecular flexibility index (Phi) is 4.85. The van der Waals surface area contributed by atoms with Gasteiger partial charge in [0.25, 0.3) is 0 Å². The van der Waals surface area contributed by atoms with Gasteiger partial charge in [0.05, 0.1) is 11.6 Å². The fourth-order valence-electron chi connectivity index (χ4n) is 1.99. The van der Waals surface area contributed by atoms with E-state index in [-0.39, 0.29) is 6.03 Å². The lowest BCUT2D eigenvalue weighted by molar-refractivity contribution is 0.223. The van der Waals surface area contributed by atoms with Crippen LogP contribution in [-0.4, -0.2) is 35.8 Å². The monoisotopic (exact) mass is 301 g/mol. The minimum atomic E-state index is -0.0751. The van der Waals surface area contributed by atoms with E-state index in [2.05, 4.69) is 11.6 Å². The normalized spacial score (nSPS) is 18.6. The molecule has 0 N–H and O–H groups in total. The zero-order valence-electron chi connectivity index (χ0n) is 12.5. The molecule has 21 heavy (non-hydrogen) atoms. The number of anilines is 1. The summed E-state index contributed by atoms with van der Waals surface area (Å²) < 4.78 is 0. The molecule has 1 aliphatic heterocycles. The van der Waals surface area contributed by atoms with Gasteiger partial charge in [-0.3, -0.25) is 14.8 Å². The van der Waals surface area contributed by atoms with Crippen LogP contribution in [-0.2, 0) is 0 Å². The largest absolute Gasteiger partial charge is 0.328 e. The van der Waals surface area contributed by atoms with Gasteiger partial charge in [-0.25, -0.2) is 4.79 Å². The topological polar surface area (TPSA) is 35.9 Å². The van der Waals surface area contributed by atoms with Crippen LogP contribution in [0, 0.1) is 0 Å². The molecule has 0 atom stereocenters. The van der Waals surface area contributed by atoms with Crippen molar-refractivity contribution in [2.24, 2.45) is 4.99 Å². The summed E-state index contributed by atoms with van der Waals surface area (Å²) >= 11 is 1.59. The van der Waals surface area contributed by atoms with Crippen LogP contribution in [0.3, 0.4) is 0 Å². The van der Waals surface area contributed by atoms with Crippen molar-refractivity contribution in [2.75, 3.05) is 24.7 Å². The van der Waals surface area contributed by atoms with Crippen molar-refractivity contribution in [1.82, 2.24) is 4.90 Å². The number of thioether (sulfide) groups is 1. The predicted molar refractivity (Wildman–Crippen MR) is 90.8 cm³/mol. The van der Waals surface area contributed by atoms with E-state index >= 15 is 0 Å². The minimum absolute atomic E-state index is 0.0751. The summed E-state index contributed by atoms with van der Waals surface area (Å²) in [5.74, 6) is 0. The van der Waals surface area contributed by atoms with Crippen LogP contribution in [0.2, 0.25) is 0 Å². The number of urea groups is 1. The summed E-state index contributed by atoms with van der Waals surface area (Å²) in [6, 6.07) is 9.55.